The van der Waals surface area contributed by atoms with Gasteiger partial charge in [0, 0.05) is 0 Å². The summed E-state index contributed by atoms with van der Waals surface area (Å²) in [5.41, 5.74) is 1.10. The van der Waals surface area contributed by atoms with E-state index in [-0.39, 0.29) is 18.6 Å². The Hall–Kier alpha value is -2.85. The van der Waals surface area contributed by atoms with E-state index in [0.29, 0.717) is 5.75 Å². The summed E-state index contributed by atoms with van der Waals surface area (Å²) in [6.45, 7) is 0.816. The molecule has 0 spiro atoms. The van der Waals surface area contributed by atoms with Crippen LogP contribution in [0.2, 0.25) is 0 Å². The number of nitrogens with one attached hydrogen (secondary N) is 2. The van der Waals surface area contributed by atoms with Crippen molar-refractivity contribution in [2.45, 2.75) is 6.04 Å². The smallest absolute Gasteiger partial charge is 0.258 e. The molecule has 0 bridgehead atoms. The van der Waals surface area contributed by atoms with E-state index in [1.807, 2.05) is 66.7 Å². The van der Waals surface area contributed by atoms with E-state index in [2.05, 4.69) is 25.5 Å². The minimum absolute atomic E-state index is 0.00440. The first kappa shape index (κ1) is 18.0. The van der Waals surface area contributed by atoms with E-state index in [0.717, 1.165) is 22.9 Å². The van der Waals surface area contributed by atoms with Crippen LogP contribution >= 0.6 is 0 Å². The first-order valence-corrected chi connectivity index (χ1v) is 8.87. The van der Waals surface area contributed by atoms with Crippen molar-refractivity contribution in [2.24, 2.45) is 0 Å². The molecule has 2 N–H and O–H groups in total. The lowest BCUT2D eigenvalue weighted by Gasteiger charge is -2.21. The standard InChI is InChI=1S/C22H24N2O2/c1-24(2)15-21(18-9-4-3-5-10-18)23-22(25)16-26-20-13-12-17-8-6-7-11-19(17)14-20/h3-14,21H,15-16H2,1-2H3,(H,23,25)/p+1/t21-/m1/s1. The molecule has 0 radical (unpaired) electrons. The Labute approximate surface area is 154 Å². The minimum Gasteiger partial charge on any atom is -0.484 e. The molecule has 1 atom stereocenters. The van der Waals surface area contributed by atoms with Gasteiger partial charge in [-0.05, 0) is 28.5 Å². The summed E-state index contributed by atoms with van der Waals surface area (Å²) in [7, 11) is 4.15. The molecule has 0 saturated heterocycles. The Morgan fingerprint density at radius 1 is 0.962 bits per heavy atom. The Balaban J connectivity index is 1.62. The van der Waals surface area contributed by atoms with Gasteiger partial charge in [-0.3, -0.25) is 4.79 Å². The number of benzene rings is 3. The van der Waals surface area contributed by atoms with Crippen LogP contribution in [-0.4, -0.2) is 33.2 Å². The van der Waals surface area contributed by atoms with Gasteiger partial charge in [0.1, 0.15) is 18.3 Å². The summed E-state index contributed by atoms with van der Waals surface area (Å²) in [4.78, 5) is 13.7. The van der Waals surface area contributed by atoms with E-state index in [9.17, 15) is 4.79 Å². The normalized spacial score (nSPS) is 12.1. The number of quaternary nitrogens is 1. The molecule has 3 aromatic rings. The number of carbonyl (C=O) groups is 1. The topological polar surface area (TPSA) is 42.8 Å². The molecule has 0 aliphatic carbocycles. The molecule has 1 amide bonds. The van der Waals surface area contributed by atoms with Gasteiger partial charge in [0.15, 0.2) is 6.61 Å². The van der Waals surface area contributed by atoms with E-state index >= 15 is 0 Å². The fraction of sp³-hybridized carbons (Fsp3) is 0.227. The van der Waals surface area contributed by atoms with Crippen molar-refractivity contribution in [1.82, 2.24) is 5.32 Å². The van der Waals surface area contributed by atoms with Gasteiger partial charge in [-0.1, -0.05) is 60.7 Å². The third-order valence-electron chi connectivity index (χ3n) is 4.24. The van der Waals surface area contributed by atoms with Crippen LogP contribution < -0.4 is 15.0 Å². The SMILES string of the molecule is C[NH+](C)C[C@@H](NC(=O)COc1ccc2ccccc2c1)c1ccccc1. The van der Waals surface area contributed by atoms with Crippen molar-refractivity contribution < 1.29 is 14.4 Å². The fourth-order valence-corrected chi connectivity index (χ4v) is 2.99. The fourth-order valence-electron chi connectivity index (χ4n) is 2.99. The van der Waals surface area contributed by atoms with Gasteiger partial charge in [-0.25, -0.2) is 0 Å². The second-order valence-corrected chi connectivity index (χ2v) is 6.74. The monoisotopic (exact) mass is 349 g/mol. The molecular weight excluding hydrogens is 324 g/mol. The lowest BCUT2D eigenvalue weighted by atomic mass is 10.1. The Morgan fingerprint density at radius 2 is 1.65 bits per heavy atom. The van der Waals surface area contributed by atoms with E-state index in [4.69, 9.17) is 4.74 Å². The van der Waals surface area contributed by atoms with Crippen LogP contribution in [0.15, 0.2) is 72.8 Å². The summed E-state index contributed by atoms with van der Waals surface area (Å²) >= 11 is 0. The molecule has 0 heterocycles. The average molecular weight is 349 g/mol. The first-order valence-electron chi connectivity index (χ1n) is 8.87. The number of ether oxygens (including phenoxy) is 1. The maximum atomic E-state index is 12.4. The summed E-state index contributed by atoms with van der Waals surface area (Å²) in [6.07, 6.45) is 0. The summed E-state index contributed by atoms with van der Waals surface area (Å²) in [6, 6.07) is 24.0. The summed E-state index contributed by atoms with van der Waals surface area (Å²) < 4.78 is 5.70. The Bertz CT molecular complexity index is 862. The number of rotatable bonds is 7. The minimum atomic E-state index is -0.117. The zero-order valence-corrected chi connectivity index (χ0v) is 15.2. The highest BCUT2D eigenvalue weighted by Crippen LogP contribution is 2.20. The summed E-state index contributed by atoms with van der Waals surface area (Å²) in [5, 5.41) is 5.34. The van der Waals surface area contributed by atoms with E-state index in [1.165, 1.54) is 4.90 Å². The van der Waals surface area contributed by atoms with Crippen LogP contribution in [-0.2, 0) is 4.79 Å². The molecule has 3 aromatic carbocycles. The number of hydrogen-bond donors (Lipinski definition) is 2. The molecule has 0 aromatic heterocycles. The van der Waals surface area contributed by atoms with E-state index < -0.39 is 0 Å². The maximum Gasteiger partial charge on any atom is 0.258 e. The molecule has 3 rings (SSSR count). The molecule has 0 aliphatic rings. The van der Waals surface area contributed by atoms with Gasteiger partial charge >= 0.3 is 0 Å². The van der Waals surface area contributed by atoms with Crippen LogP contribution in [0.5, 0.6) is 5.75 Å². The molecule has 4 heteroatoms. The molecular formula is C22H25N2O2+. The maximum absolute atomic E-state index is 12.4. The largest absolute Gasteiger partial charge is 0.484 e. The molecule has 4 nitrogen and oxygen atoms in total. The number of likely N-dealkylation sites (N-methyl/N-ethyl adjacent to an activating group) is 1. The molecule has 0 fully saturated rings. The van der Waals surface area contributed by atoms with Crippen LogP contribution in [0.25, 0.3) is 10.8 Å². The van der Waals surface area contributed by atoms with Gasteiger partial charge in [-0.15, -0.1) is 0 Å². The van der Waals surface area contributed by atoms with Crippen molar-refractivity contribution >= 4 is 16.7 Å². The highest BCUT2D eigenvalue weighted by Gasteiger charge is 2.17. The third-order valence-corrected chi connectivity index (χ3v) is 4.24. The molecule has 26 heavy (non-hydrogen) atoms. The zero-order valence-electron chi connectivity index (χ0n) is 15.2. The average Bonchev–Trinajstić information content (AvgIpc) is 2.66. The van der Waals surface area contributed by atoms with Crippen molar-refractivity contribution in [3.8, 4) is 5.75 Å². The van der Waals surface area contributed by atoms with Crippen LogP contribution in [0, 0.1) is 0 Å². The lowest BCUT2D eigenvalue weighted by molar-refractivity contribution is -0.860. The molecule has 0 saturated carbocycles. The highest BCUT2D eigenvalue weighted by atomic mass is 16.5. The number of carbonyl (C=O) groups excluding carboxylic acids is 1. The molecule has 0 unspecified atom stereocenters. The number of amides is 1. The van der Waals surface area contributed by atoms with Crippen LogP contribution in [0.1, 0.15) is 11.6 Å². The number of hydrogen-bond acceptors (Lipinski definition) is 2. The second-order valence-electron chi connectivity index (χ2n) is 6.74. The van der Waals surface area contributed by atoms with Gasteiger partial charge in [0.05, 0.1) is 14.1 Å². The highest BCUT2D eigenvalue weighted by molar-refractivity contribution is 5.84. The quantitative estimate of drug-likeness (QED) is 0.687. The van der Waals surface area contributed by atoms with Crippen LogP contribution in [0.4, 0.5) is 0 Å². The predicted octanol–water partition coefficient (Wildman–Crippen LogP) is 2.22. The van der Waals surface area contributed by atoms with Crippen molar-refractivity contribution in [2.75, 3.05) is 27.2 Å². The lowest BCUT2D eigenvalue weighted by Crippen LogP contribution is -3.06. The summed E-state index contributed by atoms with van der Waals surface area (Å²) in [5.74, 6) is 0.585. The zero-order chi connectivity index (χ0) is 18.4. The van der Waals surface area contributed by atoms with E-state index in [1.54, 1.807) is 0 Å². The molecule has 134 valence electrons. The van der Waals surface area contributed by atoms with Crippen molar-refractivity contribution in [3.05, 3.63) is 78.4 Å². The van der Waals surface area contributed by atoms with Gasteiger partial charge in [-0.2, -0.15) is 0 Å². The second kappa shape index (κ2) is 8.50. The van der Waals surface area contributed by atoms with Gasteiger partial charge in [0.2, 0.25) is 0 Å². The van der Waals surface area contributed by atoms with Crippen molar-refractivity contribution in [1.29, 1.82) is 0 Å². The predicted molar refractivity (Wildman–Crippen MR) is 104 cm³/mol. The van der Waals surface area contributed by atoms with Gasteiger partial charge < -0.3 is 15.0 Å². The molecule has 0 aliphatic heterocycles. The first-order chi connectivity index (χ1) is 12.6. The Morgan fingerprint density at radius 3 is 2.38 bits per heavy atom. The Kier molecular flexibility index (Phi) is 5.87. The number of fused-ring (bicyclic) bond motifs is 1. The third kappa shape index (κ3) is 4.83. The van der Waals surface area contributed by atoms with Crippen LogP contribution in [0.3, 0.4) is 0 Å². The van der Waals surface area contributed by atoms with Gasteiger partial charge in [0.25, 0.3) is 5.91 Å². The van der Waals surface area contributed by atoms with Crippen molar-refractivity contribution in [3.63, 3.8) is 0 Å².